The molecular formula is C9H10ClN3. The van der Waals surface area contributed by atoms with Gasteiger partial charge in [0.1, 0.15) is 5.82 Å². The Balaban J connectivity index is 2.89. The summed E-state index contributed by atoms with van der Waals surface area (Å²) in [5.74, 6) is 0.804. The van der Waals surface area contributed by atoms with E-state index in [9.17, 15) is 0 Å². The molecule has 3 nitrogen and oxygen atoms in total. The number of nitrogens with zero attached hydrogens (tertiary/aromatic N) is 2. The normalized spacial score (nSPS) is 11.0. The molecule has 68 valence electrons. The van der Waals surface area contributed by atoms with E-state index in [1.807, 2.05) is 29.5 Å². The molecule has 13 heavy (non-hydrogen) atoms. The molecule has 2 aromatic rings. The van der Waals surface area contributed by atoms with Gasteiger partial charge in [0, 0.05) is 5.69 Å². The first-order valence-electron chi connectivity index (χ1n) is 4.06. The van der Waals surface area contributed by atoms with Gasteiger partial charge >= 0.3 is 0 Å². The molecule has 2 heterocycles. The van der Waals surface area contributed by atoms with Crippen molar-refractivity contribution in [2.45, 2.75) is 13.5 Å². The van der Waals surface area contributed by atoms with Gasteiger partial charge in [-0.05, 0) is 19.1 Å². The number of pyridine rings is 1. The lowest BCUT2D eigenvalue weighted by Crippen LogP contribution is -2.04. The predicted molar refractivity (Wildman–Crippen MR) is 52.8 cm³/mol. The summed E-state index contributed by atoms with van der Waals surface area (Å²) in [6.07, 6.45) is 0. The SMILES string of the molecule is Cc1cccc2c(Cl)nc(CN)n12. The van der Waals surface area contributed by atoms with Gasteiger partial charge in [-0.3, -0.25) is 4.40 Å². The Kier molecular flexibility index (Phi) is 1.98. The first-order chi connectivity index (χ1) is 6.24. The number of halogens is 1. The summed E-state index contributed by atoms with van der Waals surface area (Å²) in [4.78, 5) is 4.17. The van der Waals surface area contributed by atoms with Crippen LogP contribution in [0.1, 0.15) is 11.5 Å². The van der Waals surface area contributed by atoms with Crippen LogP contribution in [0.25, 0.3) is 5.52 Å². The van der Waals surface area contributed by atoms with Crippen molar-refractivity contribution in [3.8, 4) is 0 Å². The van der Waals surface area contributed by atoms with Crippen LogP contribution in [-0.2, 0) is 6.54 Å². The van der Waals surface area contributed by atoms with Gasteiger partial charge in [-0.2, -0.15) is 0 Å². The van der Waals surface area contributed by atoms with E-state index in [0.29, 0.717) is 11.7 Å². The summed E-state index contributed by atoms with van der Waals surface area (Å²) < 4.78 is 1.97. The van der Waals surface area contributed by atoms with Crippen LogP contribution in [0.2, 0.25) is 5.15 Å². The Morgan fingerprint density at radius 1 is 1.54 bits per heavy atom. The maximum absolute atomic E-state index is 5.94. The fourth-order valence-electron chi connectivity index (χ4n) is 1.48. The second-order valence-electron chi connectivity index (χ2n) is 2.91. The van der Waals surface area contributed by atoms with Gasteiger partial charge in [-0.1, -0.05) is 17.7 Å². The number of hydrogen-bond acceptors (Lipinski definition) is 2. The highest BCUT2D eigenvalue weighted by atomic mass is 35.5. The molecule has 0 radical (unpaired) electrons. The summed E-state index contributed by atoms with van der Waals surface area (Å²) in [6, 6.07) is 5.89. The maximum atomic E-state index is 5.94. The number of rotatable bonds is 1. The standard InChI is InChI=1S/C9H10ClN3/c1-6-3-2-4-7-9(10)12-8(5-11)13(6)7/h2-4H,5,11H2,1H3. The summed E-state index contributed by atoms with van der Waals surface area (Å²) >= 11 is 5.94. The molecule has 0 saturated heterocycles. The van der Waals surface area contributed by atoms with Crippen molar-refractivity contribution < 1.29 is 0 Å². The lowest BCUT2D eigenvalue weighted by Gasteiger charge is -2.01. The zero-order valence-corrected chi connectivity index (χ0v) is 8.04. The zero-order valence-electron chi connectivity index (χ0n) is 7.29. The highest BCUT2D eigenvalue weighted by molar-refractivity contribution is 6.32. The Hall–Kier alpha value is -1.06. The summed E-state index contributed by atoms with van der Waals surface area (Å²) in [7, 11) is 0. The van der Waals surface area contributed by atoms with E-state index in [1.54, 1.807) is 0 Å². The van der Waals surface area contributed by atoms with Crippen molar-refractivity contribution in [3.63, 3.8) is 0 Å². The second kappa shape index (κ2) is 3.01. The third kappa shape index (κ3) is 1.20. The molecule has 0 saturated carbocycles. The van der Waals surface area contributed by atoms with Gasteiger partial charge in [0.15, 0.2) is 5.15 Å². The minimum absolute atomic E-state index is 0.402. The van der Waals surface area contributed by atoms with Crippen LogP contribution in [0.15, 0.2) is 18.2 Å². The van der Waals surface area contributed by atoms with Crippen LogP contribution in [-0.4, -0.2) is 9.38 Å². The van der Waals surface area contributed by atoms with Gasteiger partial charge in [0.2, 0.25) is 0 Å². The van der Waals surface area contributed by atoms with Gasteiger partial charge in [0.05, 0.1) is 12.1 Å². The lowest BCUT2D eigenvalue weighted by molar-refractivity contribution is 0.883. The van der Waals surface area contributed by atoms with Crippen LogP contribution in [0, 0.1) is 6.92 Å². The van der Waals surface area contributed by atoms with E-state index in [2.05, 4.69) is 4.98 Å². The quantitative estimate of drug-likeness (QED) is 0.754. The average Bonchev–Trinajstić information content (AvgIpc) is 2.45. The summed E-state index contributed by atoms with van der Waals surface area (Å²) in [5.41, 5.74) is 7.57. The van der Waals surface area contributed by atoms with E-state index in [4.69, 9.17) is 17.3 Å². The van der Waals surface area contributed by atoms with Gasteiger partial charge < -0.3 is 5.73 Å². The number of imidazole rings is 1. The maximum Gasteiger partial charge on any atom is 0.155 e. The third-order valence-electron chi connectivity index (χ3n) is 2.06. The van der Waals surface area contributed by atoms with E-state index < -0.39 is 0 Å². The van der Waals surface area contributed by atoms with Crippen LogP contribution in [0.5, 0.6) is 0 Å². The minimum Gasteiger partial charge on any atom is -0.324 e. The molecular weight excluding hydrogens is 186 g/mol. The molecule has 0 bridgehead atoms. The molecule has 2 N–H and O–H groups in total. The van der Waals surface area contributed by atoms with Crippen molar-refractivity contribution in [3.05, 3.63) is 34.9 Å². The van der Waals surface area contributed by atoms with E-state index in [-0.39, 0.29) is 0 Å². The first-order valence-corrected chi connectivity index (χ1v) is 4.44. The van der Waals surface area contributed by atoms with E-state index in [1.165, 1.54) is 0 Å². The predicted octanol–water partition coefficient (Wildman–Crippen LogP) is 1.75. The van der Waals surface area contributed by atoms with Crippen LogP contribution in [0.4, 0.5) is 0 Å². The highest BCUT2D eigenvalue weighted by Gasteiger charge is 2.08. The van der Waals surface area contributed by atoms with Crippen molar-refractivity contribution in [2.75, 3.05) is 0 Å². The van der Waals surface area contributed by atoms with Gasteiger partial charge in [-0.25, -0.2) is 4.98 Å². The Bertz CT molecular complexity index is 447. The Morgan fingerprint density at radius 2 is 2.31 bits per heavy atom. The molecule has 0 aliphatic heterocycles. The lowest BCUT2D eigenvalue weighted by atomic mass is 10.3. The number of aromatic nitrogens is 2. The number of hydrogen-bond donors (Lipinski definition) is 1. The molecule has 0 aliphatic rings. The largest absolute Gasteiger partial charge is 0.324 e. The van der Waals surface area contributed by atoms with Gasteiger partial charge in [0.25, 0.3) is 0 Å². The topological polar surface area (TPSA) is 43.3 Å². The molecule has 2 rings (SSSR count). The Labute approximate surface area is 81.1 Å². The van der Waals surface area contributed by atoms with Crippen LogP contribution < -0.4 is 5.73 Å². The number of nitrogens with two attached hydrogens (primary N) is 1. The van der Waals surface area contributed by atoms with Crippen molar-refractivity contribution >= 4 is 17.1 Å². The monoisotopic (exact) mass is 195 g/mol. The molecule has 0 atom stereocenters. The van der Waals surface area contributed by atoms with Crippen molar-refractivity contribution in [1.29, 1.82) is 0 Å². The van der Waals surface area contributed by atoms with Gasteiger partial charge in [-0.15, -0.1) is 0 Å². The Morgan fingerprint density at radius 3 is 3.00 bits per heavy atom. The molecule has 0 aliphatic carbocycles. The molecule has 4 heteroatoms. The fraction of sp³-hybridized carbons (Fsp3) is 0.222. The zero-order chi connectivity index (χ0) is 9.42. The van der Waals surface area contributed by atoms with E-state index in [0.717, 1.165) is 17.0 Å². The van der Waals surface area contributed by atoms with E-state index >= 15 is 0 Å². The smallest absolute Gasteiger partial charge is 0.155 e. The average molecular weight is 196 g/mol. The highest BCUT2D eigenvalue weighted by Crippen LogP contribution is 2.19. The molecule has 0 unspecified atom stereocenters. The fourth-order valence-corrected chi connectivity index (χ4v) is 1.72. The number of fused-ring (bicyclic) bond motifs is 1. The minimum atomic E-state index is 0.402. The molecule has 0 spiro atoms. The molecule has 0 amide bonds. The van der Waals surface area contributed by atoms with Crippen LogP contribution >= 0.6 is 11.6 Å². The van der Waals surface area contributed by atoms with Crippen molar-refractivity contribution in [2.24, 2.45) is 5.73 Å². The molecule has 2 aromatic heterocycles. The summed E-state index contributed by atoms with van der Waals surface area (Å²) in [6.45, 7) is 2.41. The van der Waals surface area contributed by atoms with Crippen LogP contribution in [0.3, 0.4) is 0 Å². The number of aryl methyl sites for hydroxylation is 1. The third-order valence-corrected chi connectivity index (χ3v) is 2.34. The second-order valence-corrected chi connectivity index (χ2v) is 3.27. The van der Waals surface area contributed by atoms with Crippen molar-refractivity contribution in [1.82, 2.24) is 9.38 Å². The molecule has 0 fully saturated rings. The summed E-state index contributed by atoms with van der Waals surface area (Å²) in [5, 5.41) is 0.518. The molecule has 0 aromatic carbocycles. The first kappa shape index (κ1) is 8.53.